The molecule has 0 unspecified atom stereocenters. The number of ether oxygens (including phenoxy) is 1. The van der Waals surface area contributed by atoms with Crippen molar-refractivity contribution >= 4 is 32.8 Å². The highest BCUT2D eigenvalue weighted by atomic mass is 32.1. The van der Waals surface area contributed by atoms with Crippen LogP contribution < -0.4 is 10.5 Å². The lowest BCUT2D eigenvalue weighted by Crippen LogP contribution is -2.28. The molecule has 4 heterocycles. The number of benzene rings is 1. The van der Waals surface area contributed by atoms with E-state index in [1.54, 1.807) is 10.9 Å². The number of likely N-dealkylation sites (N-methyl/N-ethyl adjacent to an activating group) is 1. The van der Waals surface area contributed by atoms with Gasteiger partial charge in [0.25, 0.3) is 5.56 Å². The molecule has 0 bridgehead atoms. The number of anilines is 1. The summed E-state index contributed by atoms with van der Waals surface area (Å²) in [6.45, 7) is 7.01. The summed E-state index contributed by atoms with van der Waals surface area (Å²) in [7, 11) is 2.18. The molecule has 3 aromatic rings. The molecule has 7 heteroatoms. The quantitative estimate of drug-likeness (QED) is 0.644. The second-order valence-corrected chi connectivity index (χ2v) is 9.09. The molecule has 0 amide bonds. The minimum atomic E-state index is -0.0161. The van der Waals surface area contributed by atoms with Crippen LogP contribution in [0.25, 0.3) is 21.5 Å². The molecular formula is C23H26N4O2S. The van der Waals surface area contributed by atoms with Crippen LogP contribution >= 0.6 is 11.3 Å². The highest BCUT2D eigenvalue weighted by Crippen LogP contribution is 2.35. The van der Waals surface area contributed by atoms with E-state index in [9.17, 15) is 4.79 Å². The van der Waals surface area contributed by atoms with Crippen molar-refractivity contribution in [2.24, 2.45) is 0 Å². The number of hydrogen-bond acceptors (Lipinski definition) is 6. The number of fused-ring (bicyclic) bond motifs is 1. The summed E-state index contributed by atoms with van der Waals surface area (Å²) >= 11 is 1.52. The predicted molar refractivity (Wildman–Crippen MR) is 123 cm³/mol. The van der Waals surface area contributed by atoms with Crippen molar-refractivity contribution in [1.29, 1.82) is 0 Å². The first-order valence-corrected chi connectivity index (χ1v) is 11.3. The summed E-state index contributed by atoms with van der Waals surface area (Å²) < 4.78 is 7.93. The average molecular weight is 423 g/mol. The van der Waals surface area contributed by atoms with E-state index in [0.29, 0.717) is 11.3 Å². The van der Waals surface area contributed by atoms with Crippen molar-refractivity contribution in [1.82, 2.24) is 14.5 Å². The molecule has 0 aliphatic carbocycles. The van der Waals surface area contributed by atoms with E-state index in [4.69, 9.17) is 4.74 Å². The second kappa shape index (κ2) is 7.89. The first kappa shape index (κ1) is 19.3. The topological polar surface area (TPSA) is 50.6 Å². The number of aromatic nitrogens is 2. The van der Waals surface area contributed by atoms with Crippen LogP contribution in [-0.2, 0) is 4.74 Å². The molecule has 0 saturated carbocycles. The van der Waals surface area contributed by atoms with Gasteiger partial charge in [-0.15, -0.1) is 11.3 Å². The van der Waals surface area contributed by atoms with E-state index in [0.717, 1.165) is 54.4 Å². The standard InChI is InChI=1S/C23H26N4O2S/c1-16-19(8-13-29-16)21-14-20-22(30-21)23(28)27(15-24-20)18-6-4-17(5-7-18)26-10-3-9-25(2)11-12-26/h4-7,14-15H,3,8-13H2,1-2H3. The van der Waals surface area contributed by atoms with Gasteiger partial charge >= 0.3 is 0 Å². The number of nitrogens with zero attached hydrogens (tertiary/aromatic N) is 4. The van der Waals surface area contributed by atoms with Gasteiger partial charge in [0.05, 0.1) is 23.6 Å². The number of allylic oxidation sites excluding steroid dienone is 1. The molecule has 30 heavy (non-hydrogen) atoms. The molecule has 1 aromatic carbocycles. The lowest BCUT2D eigenvalue weighted by atomic mass is 10.1. The third-order valence-corrected chi connectivity index (χ3v) is 7.22. The molecule has 0 N–H and O–H groups in total. The Hall–Kier alpha value is -2.64. The van der Waals surface area contributed by atoms with Crippen LogP contribution in [0.1, 0.15) is 24.6 Å². The minimum absolute atomic E-state index is 0.0161. The van der Waals surface area contributed by atoms with Gasteiger partial charge in [-0.1, -0.05) is 0 Å². The smallest absolute Gasteiger partial charge is 0.275 e. The Balaban J connectivity index is 1.45. The van der Waals surface area contributed by atoms with Gasteiger partial charge in [-0.25, -0.2) is 4.98 Å². The minimum Gasteiger partial charge on any atom is -0.498 e. The van der Waals surface area contributed by atoms with E-state index < -0.39 is 0 Å². The van der Waals surface area contributed by atoms with E-state index in [-0.39, 0.29) is 5.56 Å². The van der Waals surface area contributed by atoms with E-state index in [2.05, 4.69) is 34.0 Å². The van der Waals surface area contributed by atoms with E-state index >= 15 is 0 Å². The molecule has 0 radical (unpaired) electrons. The molecular weight excluding hydrogens is 396 g/mol. The molecule has 0 atom stereocenters. The van der Waals surface area contributed by atoms with Gasteiger partial charge in [0.1, 0.15) is 11.0 Å². The molecule has 1 fully saturated rings. The molecule has 2 aliphatic rings. The summed E-state index contributed by atoms with van der Waals surface area (Å²) in [5.41, 5.74) is 3.99. The van der Waals surface area contributed by atoms with Crippen molar-refractivity contribution in [3.63, 3.8) is 0 Å². The van der Waals surface area contributed by atoms with Gasteiger partial charge in [0, 0.05) is 42.2 Å². The fraction of sp³-hybridized carbons (Fsp3) is 0.391. The highest BCUT2D eigenvalue weighted by Gasteiger charge is 2.19. The van der Waals surface area contributed by atoms with Crippen LogP contribution in [0.2, 0.25) is 0 Å². The Bertz CT molecular complexity index is 1160. The lowest BCUT2D eigenvalue weighted by Gasteiger charge is -2.23. The van der Waals surface area contributed by atoms with Crippen LogP contribution in [0, 0.1) is 0 Å². The summed E-state index contributed by atoms with van der Waals surface area (Å²) in [6, 6.07) is 10.3. The first-order chi connectivity index (χ1) is 14.6. The number of hydrogen-bond donors (Lipinski definition) is 0. The normalized spacial score (nSPS) is 18.1. The zero-order valence-corrected chi connectivity index (χ0v) is 18.2. The molecule has 1 saturated heterocycles. The fourth-order valence-electron chi connectivity index (χ4n) is 4.24. The van der Waals surface area contributed by atoms with Crippen LogP contribution in [0.15, 0.2) is 47.2 Å². The number of rotatable bonds is 3. The van der Waals surface area contributed by atoms with E-state index in [1.807, 2.05) is 25.1 Å². The van der Waals surface area contributed by atoms with Gasteiger partial charge in [0.2, 0.25) is 0 Å². The highest BCUT2D eigenvalue weighted by molar-refractivity contribution is 7.19. The monoisotopic (exact) mass is 422 g/mol. The van der Waals surface area contributed by atoms with Crippen molar-refractivity contribution in [2.45, 2.75) is 19.8 Å². The molecule has 2 aromatic heterocycles. The molecule has 6 nitrogen and oxygen atoms in total. The Labute approximate surface area is 180 Å². The Morgan fingerprint density at radius 2 is 1.87 bits per heavy atom. The number of thiophene rings is 1. The maximum absolute atomic E-state index is 13.2. The third kappa shape index (κ3) is 3.52. The average Bonchev–Trinajstić information content (AvgIpc) is 3.31. The van der Waals surface area contributed by atoms with Gasteiger partial charge in [-0.3, -0.25) is 9.36 Å². The van der Waals surface area contributed by atoms with Crippen LogP contribution in [-0.4, -0.2) is 54.3 Å². The van der Waals surface area contributed by atoms with Crippen molar-refractivity contribution in [2.75, 3.05) is 44.7 Å². The van der Waals surface area contributed by atoms with Crippen molar-refractivity contribution in [3.8, 4) is 5.69 Å². The molecule has 2 aliphatic heterocycles. The predicted octanol–water partition coefficient (Wildman–Crippen LogP) is 3.74. The van der Waals surface area contributed by atoms with Crippen molar-refractivity contribution in [3.05, 3.63) is 57.6 Å². The fourth-order valence-corrected chi connectivity index (χ4v) is 5.40. The summed E-state index contributed by atoms with van der Waals surface area (Å²) in [6.07, 6.45) is 3.70. The van der Waals surface area contributed by atoms with Gasteiger partial charge in [-0.05, 0) is 57.3 Å². The Morgan fingerprint density at radius 1 is 1.07 bits per heavy atom. The zero-order chi connectivity index (χ0) is 20.7. The van der Waals surface area contributed by atoms with Crippen LogP contribution in [0.5, 0.6) is 0 Å². The largest absolute Gasteiger partial charge is 0.498 e. The Kier molecular flexibility index (Phi) is 5.08. The second-order valence-electron chi connectivity index (χ2n) is 8.04. The summed E-state index contributed by atoms with van der Waals surface area (Å²) in [5, 5.41) is 0. The zero-order valence-electron chi connectivity index (χ0n) is 17.4. The molecule has 0 spiro atoms. The SMILES string of the molecule is CC1=C(c2cc3ncn(-c4ccc(N5CCCN(C)CC5)cc4)c(=O)c3s2)CCO1. The van der Waals surface area contributed by atoms with Gasteiger partial charge in [-0.2, -0.15) is 0 Å². The van der Waals surface area contributed by atoms with Crippen LogP contribution in [0.3, 0.4) is 0 Å². The van der Waals surface area contributed by atoms with Gasteiger partial charge in [0.15, 0.2) is 0 Å². The molecule has 156 valence electrons. The van der Waals surface area contributed by atoms with Crippen LogP contribution in [0.4, 0.5) is 5.69 Å². The third-order valence-electron chi connectivity index (χ3n) is 6.04. The van der Waals surface area contributed by atoms with E-state index in [1.165, 1.54) is 29.0 Å². The maximum Gasteiger partial charge on any atom is 0.275 e. The summed E-state index contributed by atoms with van der Waals surface area (Å²) in [4.78, 5) is 23.6. The summed E-state index contributed by atoms with van der Waals surface area (Å²) in [5.74, 6) is 0.956. The van der Waals surface area contributed by atoms with Crippen molar-refractivity contribution < 1.29 is 4.74 Å². The Morgan fingerprint density at radius 3 is 2.63 bits per heavy atom. The first-order valence-electron chi connectivity index (χ1n) is 10.5. The maximum atomic E-state index is 13.2. The van der Waals surface area contributed by atoms with Gasteiger partial charge < -0.3 is 14.5 Å². The lowest BCUT2D eigenvalue weighted by molar-refractivity contribution is 0.247. The molecule has 5 rings (SSSR count).